The zero-order chi connectivity index (χ0) is 20.4. The Balaban J connectivity index is 0.00000392. The summed E-state index contributed by atoms with van der Waals surface area (Å²) in [5.74, 6) is -2.90. The molecule has 1 saturated heterocycles. The van der Waals surface area contributed by atoms with Crippen LogP contribution in [0, 0.1) is 0 Å². The molecule has 13 nitrogen and oxygen atoms in total. The number of thiazole rings is 1. The van der Waals surface area contributed by atoms with Crippen LogP contribution in [0.3, 0.4) is 0 Å². The Kier molecular flexibility index (Phi) is 8.33. The number of nitrogens with one attached hydrogen (secondary N) is 1. The van der Waals surface area contributed by atoms with E-state index in [9.17, 15) is 22.8 Å². The van der Waals surface area contributed by atoms with Crippen LogP contribution < -0.4 is 11.1 Å². The number of anilines is 1. The van der Waals surface area contributed by atoms with Crippen LogP contribution in [0.15, 0.2) is 10.5 Å². The predicted octanol–water partition coefficient (Wildman–Crippen LogP) is -2.51. The van der Waals surface area contributed by atoms with Crippen LogP contribution in [-0.2, 0) is 34.3 Å². The van der Waals surface area contributed by atoms with Crippen molar-refractivity contribution < 1.29 is 36.9 Å². The first-order valence-corrected chi connectivity index (χ1v) is 9.38. The first kappa shape index (κ1) is 24.3. The quantitative estimate of drug-likeness (QED) is 0.101. The fourth-order valence-corrected chi connectivity index (χ4v) is 3.74. The normalized spacial score (nSPS) is 19.3. The average Bonchev–Trinajstić information content (AvgIpc) is 3.01. The van der Waals surface area contributed by atoms with Crippen LogP contribution in [0.25, 0.3) is 0 Å². The number of rotatable bonds is 7. The monoisotopic (exact) mass is 445 g/mol. The van der Waals surface area contributed by atoms with E-state index in [4.69, 9.17) is 10.3 Å². The minimum atomic E-state index is -4.92. The molecule has 0 aromatic carbocycles. The van der Waals surface area contributed by atoms with Crippen LogP contribution in [0.2, 0.25) is 0 Å². The van der Waals surface area contributed by atoms with E-state index in [1.807, 2.05) is 0 Å². The van der Waals surface area contributed by atoms with Gasteiger partial charge < -0.3 is 20.6 Å². The van der Waals surface area contributed by atoms with E-state index in [0.29, 0.717) is 0 Å². The van der Waals surface area contributed by atoms with Gasteiger partial charge in [-0.2, -0.15) is 8.42 Å². The van der Waals surface area contributed by atoms with Gasteiger partial charge in [0.2, 0.25) is 0 Å². The molecular weight excluding hydrogens is 429 g/mol. The number of nitrogen functional groups attached to an aromatic ring is 1. The molecule has 2 unspecified atom stereocenters. The maximum absolute atomic E-state index is 12.5. The molecule has 1 aromatic heterocycles. The molecule has 4 N–H and O–H groups in total. The molecule has 0 bridgehead atoms. The summed E-state index contributed by atoms with van der Waals surface area (Å²) < 4.78 is 36.3. The first-order valence-electron chi connectivity index (χ1n) is 7.11. The van der Waals surface area contributed by atoms with Crippen molar-refractivity contribution in [3.8, 4) is 0 Å². The number of methoxy groups -OCH3 is 1. The number of aromatic nitrogens is 1. The topological polar surface area (TPSA) is 191 Å². The molecule has 1 aliphatic rings. The molecular formula is C12H16N5NaO8S2. The predicted molar refractivity (Wildman–Crippen MR) is 98.0 cm³/mol. The van der Waals surface area contributed by atoms with Gasteiger partial charge in [-0.15, -0.1) is 11.3 Å². The summed E-state index contributed by atoms with van der Waals surface area (Å²) in [5, 5.41) is 7.34. The minimum absolute atomic E-state index is 0. The van der Waals surface area contributed by atoms with Gasteiger partial charge in [0.1, 0.15) is 18.8 Å². The van der Waals surface area contributed by atoms with Gasteiger partial charge in [-0.25, -0.2) is 9.29 Å². The fourth-order valence-electron chi connectivity index (χ4n) is 2.32. The number of amides is 2. The number of hydrogen-bond acceptors (Lipinski definition) is 11. The Morgan fingerprint density at radius 1 is 1.46 bits per heavy atom. The van der Waals surface area contributed by atoms with E-state index >= 15 is 0 Å². The number of β-lactam (4-membered cyclic amide) rings is 1. The summed E-state index contributed by atoms with van der Waals surface area (Å²) in [4.78, 5) is 44.4. The number of nitrogens with zero attached hydrogens (tertiary/aromatic N) is 3. The second-order valence-corrected chi connectivity index (χ2v) is 7.28. The van der Waals surface area contributed by atoms with Gasteiger partial charge in [0.25, 0.3) is 11.8 Å². The van der Waals surface area contributed by atoms with Gasteiger partial charge in [0, 0.05) is 5.38 Å². The third-order valence-electron chi connectivity index (χ3n) is 3.47. The Labute approximate surface area is 185 Å². The molecule has 2 heterocycles. The van der Waals surface area contributed by atoms with Crippen LogP contribution in [0.1, 0.15) is 12.1 Å². The molecule has 0 spiro atoms. The molecule has 16 heteroatoms. The van der Waals surface area contributed by atoms with Crippen molar-refractivity contribution in [3.63, 3.8) is 0 Å². The van der Waals surface area contributed by atoms with Crippen molar-refractivity contribution >= 4 is 79.8 Å². The standard InChI is InChI=1S/C12H15N5O8S2.Na.H/c1-24-7(18)3-6-9(11(20)17(6)27(21,22)23)15-10(19)8(16-25-2)5-4-26-12(13)14-5;;/h4,6,9H,3H2,1-2H3,(H2,13,14)(H,15,19)(H,21,22,23);;/b16-8-;;. The van der Waals surface area contributed by atoms with Crippen molar-refractivity contribution in [3.05, 3.63) is 11.1 Å². The molecule has 2 rings (SSSR count). The summed E-state index contributed by atoms with van der Waals surface area (Å²) in [5.41, 5.74) is 5.26. The third-order valence-corrected chi connectivity index (χ3v) is 5.09. The van der Waals surface area contributed by atoms with Crippen molar-refractivity contribution in [1.29, 1.82) is 0 Å². The second kappa shape index (κ2) is 9.62. The van der Waals surface area contributed by atoms with Gasteiger partial charge in [-0.1, -0.05) is 5.16 Å². The number of oxime groups is 1. The number of esters is 1. The number of carbonyl (C=O) groups excluding carboxylic acids is 3. The van der Waals surface area contributed by atoms with Crippen molar-refractivity contribution in [1.82, 2.24) is 14.6 Å². The molecule has 1 aliphatic heterocycles. The molecule has 28 heavy (non-hydrogen) atoms. The summed E-state index contributed by atoms with van der Waals surface area (Å²) in [6.45, 7) is 0. The molecule has 1 aromatic rings. The number of nitrogens with two attached hydrogens (primary N) is 1. The Bertz CT molecular complexity index is 902. The molecule has 0 saturated carbocycles. The Morgan fingerprint density at radius 3 is 2.57 bits per heavy atom. The summed E-state index contributed by atoms with van der Waals surface area (Å²) in [6, 6.07) is -2.79. The Hall–Kier alpha value is -1.78. The van der Waals surface area contributed by atoms with E-state index in [1.54, 1.807) is 0 Å². The molecule has 2 atom stereocenters. The van der Waals surface area contributed by atoms with E-state index in [-0.39, 0.29) is 50.4 Å². The number of ether oxygens (including phenoxy) is 1. The summed E-state index contributed by atoms with van der Waals surface area (Å²) in [6.07, 6.45) is -0.576. The van der Waals surface area contributed by atoms with Crippen molar-refractivity contribution in [2.75, 3.05) is 20.0 Å². The van der Waals surface area contributed by atoms with E-state index in [1.165, 1.54) is 12.5 Å². The number of carbonyl (C=O) groups is 3. The van der Waals surface area contributed by atoms with E-state index < -0.39 is 46.6 Å². The fraction of sp³-hybridized carbons (Fsp3) is 0.417. The SMILES string of the molecule is CO/N=C(\C(=O)NC1C(=O)N(S(=O)(=O)O)C1CC(=O)OC)c1csc(N)n1.[NaH]. The zero-order valence-electron chi connectivity index (χ0n) is 14.0. The van der Waals surface area contributed by atoms with Crippen LogP contribution in [0.5, 0.6) is 0 Å². The molecule has 150 valence electrons. The third kappa shape index (κ3) is 5.18. The van der Waals surface area contributed by atoms with Gasteiger partial charge in [0.05, 0.1) is 19.6 Å². The second-order valence-electron chi connectivity index (χ2n) is 5.10. The van der Waals surface area contributed by atoms with Crippen molar-refractivity contribution in [2.45, 2.75) is 18.5 Å². The number of hydrogen-bond donors (Lipinski definition) is 3. The molecule has 1 fully saturated rings. The van der Waals surface area contributed by atoms with Crippen LogP contribution >= 0.6 is 11.3 Å². The van der Waals surface area contributed by atoms with Crippen molar-refractivity contribution in [2.24, 2.45) is 5.16 Å². The molecule has 0 radical (unpaired) electrons. The molecule has 0 aliphatic carbocycles. The summed E-state index contributed by atoms with van der Waals surface area (Å²) in [7, 11) is -2.69. The Morgan fingerprint density at radius 2 is 2.11 bits per heavy atom. The maximum atomic E-state index is 12.5. The summed E-state index contributed by atoms with van der Waals surface area (Å²) >= 11 is 1.03. The van der Waals surface area contributed by atoms with Gasteiger partial charge in [0.15, 0.2) is 10.8 Å². The first-order chi connectivity index (χ1) is 12.6. The van der Waals surface area contributed by atoms with Gasteiger partial charge in [-0.3, -0.25) is 18.9 Å². The van der Waals surface area contributed by atoms with E-state index in [0.717, 1.165) is 18.4 Å². The van der Waals surface area contributed by atoms with E-state index in [2.05, 4.69) is 25.0 Å². The average molecular weight is 445 g/mol. The zero-order valence-corrected chi connectivity index (χ0v) is 15.6. The van der Waals surface area contributed by atoms with Gasteiger partial charge in [-0.05, 0) is 0 Å². The van der Waals surface area contributed by atoms with Crippen LogP contribution in [0.4, 0.5) is 5.13 Å². The molecule has 2 amide bonds. The van der Waals surface area contributed by atoms with Crippen LogP contribution in [-0.4, -0.2) is 102 Å². The van der Waals surface area contributed by atoms with Gasteiger partial charge >= 0.3 is 45.8 Å².